The van der Waals surface area contributed by atoms with E-state index in [-0.39, 0.29) is 5.75 Å². The molecule has 2 N–H and O–H groups in total. The summed E-state index contributed by atoms with van der Waals surface area (Å²) in [6.07, 6.45) is 2.02. The van der Waals surface area contributed by atoms with Crippen molar-refractivity contribution in [3.8, 4) is 0 Å². The molecular weight excluding hydrogens is 354 g/mol. The Labute approximate surface area is 133 Å². The Morgan fingerprint density at radius 2 is 2.05 bits per heavy atom. The van der Waals surface area contributed by atoms with Crippen LogP contribution in [0.5, 0.6) is 0 Å². The smallest absolute Gasteiger partial charge is 0.235 e. The fraction of sp³-hybridized carbons (Fsp3) is 0.214. The highest BCUT2D eigenvalue weighted by Gasteiger charge is 2.20. The normalized spacial score (nSPS) is 11.3. The Kier molecular flexibility index (Phi) is 4.84. The van der Waals surface area contributed by atoms with Gasteiger partial charge in [-0.3, -0.25) is 9.29 Å². The fourth-order valence-electron chi connectivity index (χ4n) is 1.88. The van der Waals surface area contributed by atoms with Crippen LogP contribution in [0.15, 0.2) is 47.1 Å². The van der Waals surface area contributed by atoms with E-state index in [1.165, 1.54) is 11.4 Å². The van der Waals surface area contributed by atoms with Crippen molar-refractivity contribution in [2.75, 3.05) is 22.8 Å². The maximum absolute atomic E-state index is 12.4. The molecule has 0 bridgehead atoms. The summed E-state index contributed by atoms with van der Waals surface area (Å²) in [7, 11) is -1.94. The summed E-state index contributed by atoms with van der Waals surface area (Å²) >= 11 is 3.30. The number of sulfonamides is 1. The number of nitrogen functional groups attached to an aromatic ring is 1. The average molecular weight is 370 g/mol. The maximum atomic E-state index is 12.4. The van der Waals surface area contributed by atoms with Crippen LogP contribution in [-0.2, 0) is 16.4 Å². The second-order valence-electron chi connectivity index (χ2n) is 4.56. The van der Waals surface area contributed by atoms with Crippen molar-refractivity contribution in [3.63, 3.8) is 0 Å². The third-order valence-electron chi connectivity index (χ3n) is 3.09. The molecule has 2 rings (SSSR count). The highest BCUT2D eigenvalue weighted by molar-refractivity contribution is 9.10. The molecule has 0 radical (unpaired) electrons. The molecule has 5 nitrogen and oxygen atoms in total. The van der Waals surface area contributed by atoms with Gasteiger partial charge in [-0.15, -0.1) is 0 Å². The molecule has 0 unspecified atom stereocenters. The molecule has 0 atom stereocenters. The first-order valence-electron chi connectivity index (χ1n) is 6.32. The van der Waals surface area contributed by atoms with E-state index < -0.39 is 10.0 Å². The molecule has 0 spiro atoms. The molecule has 0 saturated carbocycles. The minimum Gasteiger partial charge on any atom is -0.397 e. The minimum atomic E-state index is -3.45. The number of hydrogen-bond acceptors (Lipinski definition) is 4. The first-order valence-corrected chi connectivity index (χ1v) is 8.72. The first-order chi connectivity index (χ1) is 9.90. The Morgan fingerprint density at radius 1 is 1.29 bits per heavy atom. The molecule has 1 aromatic carbocycles. The number of nitrogens with zero attached hydrogens (tertiary/aromatic N) is 2. The number of aromatic nitrogens is 1. The zero-order chi connectivity index (χ0) is 15.5. The van der Waals surface area contributed by atoms with E-state index in [0.29, 0.717) is 17.8 Å². The summed E-state index contributed by atoms with van der Waals surface area (Å²) in [6, 6.07) is 10.6. The predicted octanol–water partition coefficient (Wildman–Crippen LogP) is 2.44. The molecule has 21 heavy (non-hydrogen) atoms. The summed E-state index contributed by atoms with van der Waals surface area (Å²) in [4.78, 5) is 4.13. The molecule has 0 aliphatic rings. The highest BCUT2D eigenvalue weighted by atomic mass is 79.9. The van der Waals surface area contributed by atoms with Crippen molar-refractivity contribution in [1.82, 2.24) is 4.98 Å². The molecular formula is C14H16BrN3O2S. The third-order valence-corrected chi connectivity index (χ3v) is 5.33. The topological polar surface area (TPSA) is 76.3 Å². The number of rotatable bonds is 5. The van der Waals surface area contributed by atoms with Crippen LogP contribution < -0.4 is 10.0 Å². The first kappa shape index (κ1) is 15.8. The summed E-state index contributed by atoms with van der Waals surface area (Å²) in [5.74, 6) is -0.0178. The molecule has 0 fully saturated rings. The number of pyridine rings is 1. The lowest BCUT2D eigenvalue weighted by Crippen LogP contribution is -2.30. The van der Waals surface area contributed by atoms with Gasteiger partial charge in [-0.1, -0.05) is 22.0 Å². The monoisotopic (exact) mass is 369 g/mol. The van der Waals surface area contributed by atoms with Gasteiger partial charge in [-0.2, -0.15) is 0 Å². The van der Waals surface area contributed by atoms with Gasteiger partial charge >= 0.3 is 0 Å². The summed E-state index contributed by atoms with van der Waals surface area (Å²) in [6.45, 7) is 0. The van der Waals surface area contributed by atoms with Crippen LogP contribution in [0.2, 0.25) is 0 Å². The van der Waals surface area contributed by atoms with Gasteiger partial charge < -0.3 is 5.73 Å². The van der Waals surface area contributed by atoms with Gasteiger partial charge in [0.15, 0.2) is 0 Å². The Balaban J connectivity index is 2.15. The van der Waals surface area contributed by atoms with E-state index >= 15 is 0 Å². The van der Waals surface area contributed by atoms with Crippen LogP contribution in [0.25, 0.3) is 0 Å². The van der Waals surface area contributed by atoms with Crippen molar-refractivity contribution < 1.29 is 8.42 Å². The SMILES string of the molecule is CN(c1ccc(Br)cc1N)S(=O)(=O)CCc1ccccn1. The number of hydrogen-bond donors (Lipinski definition) is 1. The van der Waals surface area contributed by atoms with Gasteiger partial charge in [0.05, 0.1) is 17.1 Å². The van der Waals surface area contributed by atoms with Crippen LogP contribution in [-0.4, -0.2) is 26.2 Å². The van der Waals surface area contributed by atoms with E-state index in [1.807, 2.05) is 12.1 Å². The zero-order valence-corrected chi connectivity index (χ0v) is 13.9. The van der Waals surface area contributed by atoms with E-state index in [0.717, 1.165) is 10.2 Å². The number of aryl methyl sites for hydroxylation is 1. The third kappa shape index (κ3) is 3.95. The molecule has 7 heteroatoms. The van der Waals surface area contributed by atoms with Crippen molar-refractivity contribution in [2.24, 2.45) is 0 Å². The zero-order valence-electron chi connectivity index (χ0n) is 11.5. The van der Waals surface area contributed by atoms with Gasteiger partial charge in [-0.05, 0) is 30.3 Å². The largest absolute Gasteiger partial charge is 0.397 e. The lowest BCUT2D eigenvalue weighted by atomic mass is 10.3. The van der Waals surface area contributed by atoms with Crippen LogP contribution in [0.4, 0.5) is 11.4 Å². The van der Waals surface area contributed by atoms with Crippen molar-refractivity contribution >= 4 is 37.3 Å². The predicted molar refractivity (Wildman–Crippen MR) is 88.7 cm³/mol. The molecule has 0 amide bonds. The summed E-state index contributed by atoms with van der Waals surface area (Å²) < 4.78 is 26.8. The number of benzene rings is 1. The molecule has 0 aliphatic heterocycles. The van der Waals surface area contributed by atoms with Crippen molar-refractivity contribution in [1.29, 1.82) is 0 Å². The molecule has 112 valence electrons. The minimum absolute atomic E-state index is 0.0178. The van der Waals surface area contributed by atoms with Gasteiger partial charge in [0.25, 0.3) is 0 Å². The number of halogens is 1. The second-order valence-corrected chi connectivity index (χ2v) is 7.59. The van der Waals surface area contributed by atoms with Crippen LogP contribution in [0, 0.1) is 0 Å². The quantitative estimate of drug-likeness (QED) is 0.821. The Hall–Kier alpha value is -1.60. The number of nitrogens with two attached hydrogens (primary N) is 1. The number of anilines is 2. The van der Waals surface area contributed by atoms with Gasteiger partial charge in [0.2, 0.25) is 10.0 Å². The Morgan fingerprint density at radius 3 is 2.67 bits per heavy atom. The molecule has 0 saturated heterocycles. The molecule has 1 aromatic heterocycles. The van der Waals surface area contributed by atoms with Crippen LogP contribution in [0.1, 0.15) is 5.69 Å². The second kappa shape index (κ2) is 6.44. The van der Waals surface area contributed by atoms with E-state index in [4.69, 9.17) is 5.73 Å². The average Bonchev–Trinajstić information content (AvgIpc) is 2.46. The van der Waals surface area contributed by atoms with Gasteiger partial charge in [0.1, 0.15) is 0 Å². The van der Waals surface area contributed by atoms with Crippen molar-refractivity contribution in [2.45, 2.75) is 6.42 Å². The lowest BCUT2D eigenvalue weighted by molar-refractivity contribution is 0.593. The molecule has 0 aliphatic carbocycles. The van der Waals surface area contributed by atoms with E-state index in [1.54, 1.807) is 30.5 Å². The summed E-state index contributed by atoms with van der Waals surface area (Å²) in [5, 5.41) is 0. The lowest BCUT2D eigenvalue weighted by Gasteiger charge is -2.21. The van der Waals surface area contributed by atoms with E-state index in [2.05, 4.69) is 20.9 Å². The maximum Gasteiger partial charge on any atom is 0.235 e. The molecule has 2 aromatic rings. The van der Waals surface area contributed by atoms with E-state index in [9.17, 15) is 8.42 Å². The van der Waals surface area contributed by atoms with Gasteiger partial charge in [0, 0.05) is 29.8 Å². The Bertz CT molecular complexity index is 720. The standard InChI is InChI=1S/C14H16BrN3O2S/c1-18(14-6-5-11(15)10-13(14)16)21(19,20)9-7-12-4-2-3-8-17-12/h2-6,8,10H,7,9,16H2,1H3. The fourth-order valence-corrected chi connectivity index (χ4v) is 3.46. The van der Waals surface area contributed by atoms with Crippen molar-refractivity contribution in [3.05, 3.63) is 52.8 Å². The van der Waals surface area contributed by atoms with Crippen LogP contribution >= 0.6 is 15.9 Å². The highest BCUT2D eigenvalue weighted by Crippen LogP contribution is 2.27. The summed E-state index contributed by atoms with van der Waals surface area (Å²) in [5.41, 5.74) is 7.51. The molecule has 1 heterocycles. The van der Waals surface area contributed by atoms with Crippen LogP contribution in [0.3, 0.4) is 0 Å². The van der Waals surface area contributed by atoms with Gasteiger partial charge in [-0.25, -0.2) is 8.42 Å².